The number of ether oxygens (including phenoxy) is 1. The number of hydrogen-bond donors (Lipinski definition) is 0. The summed E-state index contributed by atoms with van der Waals surface area (Å²) < 4.78 is 8.23. The minimum atomic E-state index is 0.0959. The van der Waals surface area contributed by atoms with Gasteiger partial charge in [0.15, 0.2) is 5.75 Å². The number of aromatic nitrogens is 6. The lowest BCUT2D eigenvalue weighted by Gasteiger charge is -2.20. The second-order valence-corrected chi connectivity index (χ2v) is 10.6. The molecule has 0 spiro atoms. The van der Waals surface area contributed by atoms with Crippen LogP contribution in [-0.2, 0) is 6.54 Å². The average molecular weight is 513 g/mol. The number of likely N-dealkylation sites (tertiary alicyclic amines) is 1. The van der Waals surface area contributed by atoms with Crippen molar-refractivity contribution in [1.29, 1.82) is 0 Å². The second kappa shape index (κ2) is 10.6. The summed E-state index contributed by atoms with van der Waals surface area (Å²) >= 11 is 0. The molecule has 0 saturated carbocycles. The molecule has 38 heavy (non-hydrogen) atoms. The molecule has 198 valence electrons. The normalized spacial score (nSPS) is 18.7. The van der Waals surface area contributed by atoms with Gasteiger partial charge in [0.05, 0.1) is 29.3 Å². The lowest BCUT2D eigenvalue weighted by atomic mass is 10.1. The first-order chi connectivity index (χ1) is 18.5. The molecule has 0 radical (unpaired) electrons. The molecule has 0 aliphatic carbocycles. The number of anilines is 1. The Hall–Kier alpha value is -3.59. The van der Waals surface area contributed by atoms with Gasteiger partial charge in [-0.1, -0.05) is 25.0 Å². The molecule has 5 heterocycles. The molecule has 4 aromatic rings. The van der Waals surface area contributed by atoms with Crippen LogP contribution in [0.5, 0.6) is 5.75 Å². The molecule has 2 saturated heterocycles. The quantitative estimate of drug-likeness (QED) is 0.372. The maximum absolute atomic E-state index is 6.46. The summed E-state index contributed by atoms with van der Waals surface area (Å²) in [4.78, 5) is 13.9. The standard InChI is InChI=1S/C29H36N8O/c1-20-28(21(2)37-29(30-20)31-22(3)34-37)38-26-14-17-36(19-26)25-11-8-23(9-12-25)27-13-10-24(32-33-27)18-35-15-6-4-5-7-16-35/h8-13,26H,4-7,14-19H2,1-3H3. The molecule has 2 aliphatic rings. The van der Waals surface area contributed by atoms with Crippen LogP contribution in [0.3, 0.4) is 0 Å². The summed E-state index contributed by atoms with van der Waals surface area (Å²) in [6.45, 7) is 10.9. The Morgan fingerprint density at radius 2 is 1.66 bits per heavy atom. The first-order valence-corrected chi connectivity index (χ1v) is 13.8. The molecule has 9 nitrogen and oxygen atoms in total. The zero-order valence-corrected chi connectivity index (χ0v) is 22.6. The Kier molecular flexibility index (Phi) is 6.93. The molecule has 1 aromatic carbocycles. The number of hydrogen-bond acceptors (Lipinski definition) is 8. The highest BCUT2D eigenvalue weighted by atomic mass is 16.5. The summed E-state index contributed by atoms with van der Waals surface area (Å²) in [6, 6.07) is 12.9. The smallest absolute Gasteiger partial charge is 0.253 e. The van der Waals surface area contributed by atoms with Crippen LogP contribution in [0.4, 0.5) is 5.69 Å². The number of fused-ring (bicyclic) bond motifs is 1. The molecule has 2 fully saturated rings. The summed E-state index contributed by atoms with van der Waals surface area (Å²) in [5.41, 5.74) is 6.03. The fraction of sp³-hybridized carbons (Fsp3) is 0.483. The minimum Gasteiger partial charge on any atom is -0.485 e. The van der Waals surface area contributed by atoms with E-state index >= 15 is 0 Å². The zero-order valence-electron chi connectivity index (χ0n) is 22.6. The monoisotopic (exact) mass is 512 g/mol. The molecule has 0 amide bonds. The molecule has 9 heteroatoms. The van der Waals surface area contributed by atoms with E-state index in [1.54, 1.807) is 4.52 Å². The number of aryl methyl sites for hydroxylation is 3. The van der Waals surface area contributed by atoms with E-state index in [4.69, 9.17) is 4.74 Å². The van der Waals surface area contributed by atoms with Gasteiger partial charge in [-0.3, -0.25) is 4.90 Å². The van der Waals surface area contributed by atoms with Gasteiger partial charge in [-0.05, 0) is 71.0 Å². The zero-order chi connectivity index (χ0) is 26.1. The van der Waals surface area contributed by atoms with Crippen molar-refractivity contribution in [2.75, 3.05) is 31.1 Å². The Morgan fingerprint density at radius 3 is 2.39 bits per heavy atom. The number of nitrogens with zero attached hydrogens (tertiary/aromatic N) is 8. The SMILES string of the molecule is Cc1nc2nc(C)c(OC3CCN(c4ccc(-c5ccc(CN6CCCCCC6)nn5)cc4)C3)c(C)n2n1. The Labute approximate surface area is 223 Å². The molecular formula is C29H36N8O. The highest BCUT2D eigenvalue weighted by molar-refractivity contribution is 5.63. The Balaban J connectivity index is 1.08. The third kappa shape index (κ3) is 5.20. The van der Waals surface area contributed by atoms with Gasteiger partial charge in [0.2, 0.25) is 0 Å². The van der Waals surface area contributed by atoms with Crippen molar-refractivity contribution in [3.05, 3.63) is 59.3 Å². The van der Waals surface area contributed by atoms with E-state index in [-0.39, 0.29) is 6.10 Å². The van der Waals surface area contributed by atoms with Crippen molar-refractivity contribution in [1.82, 2.24) is 34.7 Å². The van der Waals surface area contributed by atoms with E-state index in [9.17, 15) is 0 Å². The van der Waals surface area contributed by atoms with Crippen LogP contribution < -0.4 is 9.64 Å². The topological polar surface area (TPSA) is 84.6 Å². The Bertz CT molecular complexity index is 1390. The van der Waals surface area contributed by atoms with E-state index in [1.807, 2.05) is 20.8 Å². The van der Waals surface area contributed by atoms with Crippen molar-refractivity contribution in [3.8, 4) is 17.0 Å². The minimum absolute atomic E-state index is 0.0959. The van der Waals surface area contributed by atoms with E-state index in [0.717, 1.165) is 60.1 Å². The molecule has 1 atom stereocenters. The van der Waals surface area contributed by atoms with Crippen molar-refractivity contribution >= 4 is 11.5 Å². The lowest BCUT2D eigenvalue weighted by Crippen LogP contribution is -2.25. The average Bonchev–Trinajstić information content (AvgIpc) is 3.46. The van der Waals surface area contributed by atoms with Gasteiger partial charge in [-0.25, -0.2) is 4.98 Å². The maximum atomic E-state index is 6.46. The van der Waals surface area contributed by atoms with Crippen LogP contribution >= 0.6 is 0 Å². The summed E-state index contributed by atoms with van der Waals surface area (Å²) in [5, 5.41) is 13.5. The van der Waals surface area contributed by atoms with Crippen molar-refractivity contribution < 1.29 is 4.74 Å². The first kappa shape index (κ1) is 24.7. The van der Waals surface area contributed by atoms with Gasteiger partial charge in [0.25, 0.3) is 5.78 Å². The van der Waals surface area contributed by atoms with Crippen LogP contribution in [0, 0.1) is 20.8 Å². The summed E-state index contributed by atoms with van der Waals surface area (Å²) in [5.74, 6) is 2.14. The van der Waals surface area contributed by atoms with Gasteiger partial charge in [0.1, 0.15) is 11.9 Å². The van der Waals surface area contributed by atoms with Gasteiger partial charge in [0, 0.05) is 30.8 Å². The summed E-state index contributed by atoms with van der Waals surface area (Å²) in [7, 11) is 0. The Morgan fingerprint density at radius 1 is 0.868 bits per heavy atom. The highest BCUT2D eigenvalue weighted by Gasteiger charge is 2.26. The van der Waals surface area contributed by atoms with Crippen LogP contribution in [-0.4, -0.2) is 67.0 Å². The first-order valence-electron chi connectivity index (χ1n) is 13.8. The maximum Gasteiger partial charge on any atom is 0.253 e. The van der Waals surface area contributed by atoms with Crippen molar-refractivity contribution in [2.45, 2.75) is 65.5 Å². The third-order valence-corrected chi connectivity index (χ3v) is 7.70. The largest absolute Gasteiger partial charge is 0.485 e. The van der Waals surface area contributed by atoms with E-state index in [1.165, 1.54) is 44.5 Å². The van der Waals surface area contributed by atoms with E-state index in [0.29, 0.717) is 11.6 Å². The van der Waals surface area contributed by atoms with Crippen LogP contribution in [0.2, 0.25) is 0 Å². The van der Waals surface area contributed by atoms with E-state index in [2.05, 4.69) is 71.5 Å². The van der Waals surface area contributed by atoms with Crippen LogP contribution in [0.15, 0.2) is 36.4 Å². The van der Waals surface area contributed by atoms with E-state index < -0.39 is 0 Å². The van der Waals surface area contributed by atoms with Crippen LogP contribution in [0.25, 0.3) is 17.0 Å². The molecule has 0 N–H and O–H groups in total. The van der Waals surface area contributed by atoms with Gasteiger partial charge in [-0.15, -0.1) is 5.10 Å². The van der Waals surface area contributed by atoms with Gasteiger partial charge < -0.3 is 9.64 Å². The van der Waals surface area contributed by atoms with Crippen LogP contribution in [0.1, 0.15) is 55.0 Å². The molecular weight excluding hydrogens is 476 g/mol. The molecule has 2 aliphatic heterocycles. The van der Waals surface area contributed by atoms with Crippen molar-refractivity contribution in [3.63, 3.8) is 0 Å². The van der Waals surface area contributed by atoms with Gasteiger partial charge >= 0.3 is 0 Å². The molecule has 6 rings (SSSR count). The lowest BCUT2D eigenvalue weighted by molar-refractivity contribution is 0.219. The third-order valence-electron chi connectivity index (χ3n) is 7.70. The molecule has 3 aromatic heterocycles. The number of benzene rings is 1. The second-order valence-electron chi connectivity index (χ2n) is 10.6. The fourth-order valence-electron chi connectivity index (χ4n) is 5.62. The molecule has 1 unspecified atom stereocenters. The molecule has 0 bridgehead atoms. The summed E-state index contributed by atoms with van der Waals surface area (Å²) in [6.07, 6.45) is 6.32. The predicted octanol–water partition coefficient (Wildman–Crippen LogP) is 4.54. The van der Waals surface area contributed by atoms with Gasteiger partial charge in [-0.2, -0.15) is 19.7 Å². The predicted molar refractivity (Wildman–Crippen MR) is 147 cm³/mol. The highest BCUT2D eigenvalue weighted by Crippen LogP contribution is 2.29. The van der Waals surface area contributed by atoms with Crippen molar-refractivity contribution in [2.24, 2.45) is 0 Å². The fourth-order valence-corrected chi connectivity index (χ4v) is 5.62. The number of rotatable bonds is 6.